The van der Waals surface area contributed by atoms with Crippen LogP contribution in [0, 0.1) is 0 Å². The van der Waals surface area contributed by atoms with Crippen LogP contribution in [-0.2, 0) is 0 Å². The number of ether oxygens (including phenoxy) is 3. The molecular weight excluding hydrogens is 294 g/mol. The molecule has 0 aliphatic rings. The number of carbonyl (C=O) groups is 1. The lowest BCUT2D eigenvalue weighted by Gasteiger charge is -2.11. The molecule has 0 fully saturated rings. The number of hydrogen-bond donors (Lipinski definition) is 1. The van der Waals surface area contributed by atoms with Gasteiger partial charge < -0.3 is 19.9 Å². The van der Waals surface area contributed by atoms with Crippen LogP contribution in [0.3, 0.4) is 0 Å². The third-order valence-electron chi connectivity index (χ3n) is 3.32. The van der Waals surface area contributed by atoms with Crippen molar-refractivity contribution in [3.8, 4) is 17.2 Å². The molecule has 2 aromatic rings. The van der Waals surface area contributed by atoms with E-state index in [4.69, 9.17) is 19.9 Å². The van der Waals surface area contributed by atoms with E-state index in [9.17, 15) is 4.79 Å². The number of carbonyl (C=O) groups excluding carboxylic acids is 1. The van der Waals surface area contributed by atoms with Crippen LogP contribution in [0.1, 0.15) is 23.7 Å². The first kappa shape index (κ1) is 16.7. The van der Waals surface area contributed by atoms with Crippen LogP contribution < -0.4 is 19.9 Å². The van der Waals surface area contributed by atoms with Gasteiger partial charge in [0, 0.05) is 12.0 Å². The van der Waals surface area contributed by atoms with Gasteiger partial charge in [-0.3, -0.25) is 4.79 Å². The standard InChI is InChI=1S/C18H21NO4/c1-3-17(20)13-4-9-18(16(19)12-13)23-11-10-22-15-7-5-14(21-2)6-8-15/h4-9,12H,3,10-11,19H2,1-2H3. The Morgan fingerprint density at radius 3 is 2.26 bits per heavy atom. The molecule has 0 spiro atoms. The second-order valence-electron chi connectivity index (χ2n) is 4.90. The molecule has 0 aliphatic heterocycles. The molecule has 23 heavy (non-hydrogen) atoms. The number of methoxy groups -OCH3 is 1. The summed E-state index contributed by atoms with van der Waals surface area (Å²) in [7, 11) is 1.62. The zero-order valence-electron chi connectivity index (χ0n) is 13.4. The largest absolute Gasteiger partial charge is 0.497 e. The van der Waals surface area contributed by atoms with Crippen molar-refractivity contribution < 1.29 is 19.0 Å². The van der Waals surface area contributed by atoms with Crippen molar-refractivity contribution in [2.24, 2.45) is 0 Å². The highest BCUT2D eigenvalue weighted by Crippen LogP contribution is 2.23. The predicted octanol–water partition coefficient (Wildman–Crippen LogP) is 3.33. The van der Waals surface area contributed by atoms with Crippen LogP contribution in [-0.4, -0.2) is 26.1 Å². The van der Waals surface area contributed by atoms with Gasteiger partial charge in [0.2, 0.25) is 0 Å². The van der Waals surface area contributed by atoms with E-state index >= 15 is 0 Å². The Balaban J connectivity index is 1.82. The molecule has 2 aromatic carbocycles. The molecule has 0 unspecified atom stereocenters. The van der Waals surface area contributed by atoms with Gasteiger partial charge in [-0.2, -0.15) is 0 Å². The van der Waals surface area contributed by atoms with Gasteiger partial charge >= 0.3 is 0 Å². The van der Waals surface area contributed by atoms with Gasteiger partial charge in [-0.05, 0) is 42.5 Å². The molecule has 0 amide bonds. The second-order valence-corrected chi connectivity index (χ2v) is 4.90. The normalized spacial score (nSPS) is 10.2. The number of nitrogen functional groups attached to an aromatic ring is 1. The third-order valence-corrected chi connectivity index (χ3v) is 3.32. The summed E-state index contributed by atoms with van der Waals surface area (Å²) in [6, 6.07) is 12.4. The zero-order valence-corrected chi connectivity index (χ0v) is 13.4. The minimum absolute atomic E-state index is 0.0612. The SMILES string of the molecule is CCC(=O)c1ccc(OCCOc2ccc(OC)cc2)c(N)c1. The van der Waals surface area contributed by atoms with E-state index in [2.05, 4.69) is 0 Å². The fourth-order valence-electron chi connectivity index (χ4n) is 2.04. The summed E-state index contributed by atoms with van der Waals surface area (Å²) in [4.78, 5) is 11.6. The van der Waals surface area contributed by atoms with Crippen molar-refractivity contribution in [3.63, 3.8) is 0 Å². The van der Waals surface area contributed by atoms with Gasteiger partial charge in [-0.25, -0.2) is 0 Å². The molecule has 2 N–H and O–H groups in total. The number of hydrogen-bond acceptors (Lipinski definition) is 5. The maximum Gasteiger partial charge on any atom is 0.162 e. The highest BCUT2D eigenvalue weighted by Gasteiger charge is 2.07. The fraction of sp³-hybridized carbons (Fsp3) is 0.278. The maximum absolute atomic E-state index is 11.6. The van der Waals surface area contributed by atoms with Gasteiger partial charge in [-0.1, -0.05) is 6.92 Å². The number of rotatable bonds is 8. The van der Waals surface area contributed by atoms with E-state index in [1.54, 1.807) is 25.3 Å². The molecule has 0 saturated carbocycles. The average molecular weight is 315 g/mol. The van der Waals surface area contributed by atoms with E-state index < -0.39 is 0 Å². The Bertz CT molecular complexity index is 653. The van der Waals surface area contributed by atoms with Crippen LogP contribution in [0.4, 0.5) is 5.69 Å². The molecule has 0 aliphatic carbocycles. The molecule has 122 valence electrons. The summed E-state index contributed by atoms with van der Waals surface area (Å²) in [5.41, 5.74) is 6.96. The Kier molecular flexibility index (Phi) is 5.86. The first-order valence-electron chi connectivity index (χ1n) is 7.46. The van der Waals surface area contributed by atoms with Crippen molar-refractivity contribution in [2.45, 2.75) is 13.3 Å². The summed E-state index contributed by atoms with van der Waals surface area (Å²) in [6.45, 7) is 2.57. The van der Waals surface area contributed by atoms with E-state index in [1.165, 1.54) is 0 Å². The highest BCUT2D eigenvalue weighted by molar-refractivity contribution is 5.97. The van der Waals surface area contributed by atoms with E-state index in [-0.39, 0.29) is 5.78 Å². The Morgan fingerprint density at radius 1 is 1.00 bits per heavy atom. The number of Topliss-reactive ketones (excluding diaryl/α,β-unsaturated/α-hetero) is 1. The van der Waals surface area contributed by atoms with Gasteiger partial charge in [0.15, 0.2) is 5.78 Å². The lowest BCUT2D eigenvalue weighted by molar-refractivity contribution is 0.0988. The van der Waals surface area contributed by atoms with Crippen molar-refractivity contribution >= 4 is 11.5 Å². The summed E-state index contributed by atoms with van der Waals surface area (Å²) >= 11 is 0. The van der Waals surface area contributed by atoms with Crippen molar-refractivity contribution in [3.05, 3.63) is 48.0 Å². The number of benzene rings is 2. The summed E-state index contributed by atoms with van der Waals surface area (Å²) < 4.78 is 16.2. The smallest absolute Gasteiger partial charge is 0.162 e. The fourth-order valence-corrected chi connectivity index (χ4v) is 2.04. The van der Waals surface area contributed by atoms with E-state index in [0.717, 1.165) is 11.5 Å². The minimum Gasteiger partial charge on any atom is -0.497 e. The van der Waals surface area contributed by atoms with Crippen LogP contribution in [0.15, 0.2) is 42.5 Å². The molecule has 0 aromatic heterocycles. The van der Waals surface area contributed by atoms with Crippen molar-refractivity contribution in [2.75, 3.05) is 26.1 Å². The highest BCUT2D eigenvalue weighted by atomic mass is 16.5. The van der Waals surface area contributed by atoms with Gasteiger partial charge in [0.05, 0.1) is 12.8 Å². The molecule has 5 nitrogen and oxygen atoms in total. The predicted molar refractivity (Wildman–Crippen MR) is 89.5 cm³/mol. The molecule has 2 rings (SSSR count). The second kappa shape index (κ2) is 8.08. The molecule has 0 atom stereocenters. The van der Waals surface area contributed by atoms with Gasteiger partial charge in [0.25, 0.3) is 0 Å². The Hall–Kier alpha value is -2.69. The monoisotopic (exact) mass is 315 g/mol. The van der Waals surface area contributed by atoms with Crippen LogP contribution >= 0.6 is 0 Å². The number of anilines is 1. The number of ketones is 1. The van der Waals surface area contributed by atoms with Crippen LogP contribution in [0.2, 0.25) is 0 Å². The van der Waals surface area contributed by atoms with Gasteiger partial charge in [0.1, 0.15) is 30.5 Å². The van der Waals surface area contributed by atoms with Crippen molar-refractivity contribution in [1.82, 2.24) is 0 Å². The Morgan fingerprint density at radius 2 is 1.65 bits per heavy atom. The third kappa shape index (κ3) is 4.64. The molecule has 5 heteroatoms. The quantitative estimate of drug-likeness (QED) is 0.459. The van der Waals surface area contributed by atoms with E-state index in [0.29, 0.717) is 36.6 Å². The van der Waals surface area contributed by atoms with Gasteiger partial charge in [-0.15, -0.1) is 0 Å². The summed E-state index contributed by atoms with van der Waals surface area (Å²) in [6.07, 6.45) is 0.454. The topological polar surface area (TPSA) is 70.8 Å². The summed E-state index contributed by atoms with van der Waals surface area (Å²) in [5, 5.41) is 0. The maximum atomic E-state index is 11.6. The minimum atomic E-state index is 0.0612. The zero-order chi connectivity index (χ0) is 16.7. The molecule has 0 bridgehead atoms. The molecular formula is C18H21NO4. The first-order chi connectivity index (χ1) is 11.1. The lowest BCUT2D eigenvalue weighted by Crippen LogP contribution is -2.10. The average Bonchev–Trinajstić information content (AvgIpc) is 2.59. The summed E-state index contributed by atoms with van der Waals surface area (Å²) in [5.74, 6) is 2.14. The molecule has 0 heterocycles. The molecule has 0 saturated heterocycles. The van der Waals surface area contributed by atoms with E-state index in [1.807, 2.05) is 31.2 Å². The van der Waals surface area contributed by atoms with Crippen LogP contribution in [0.25, 0.3) is 0 Å². The number of nitrogens with two attached hydrogens (primary N) is 1. The Labute approximate surface area is 136 Å². The first-order valence-corrected chi connectivity index (χ1v) is 7.46. The molecule has 0 radical (unpaired) electrons. The van der Waals surface area contributed by atoms with Crippen molar-refractivity contribution in [1.29, 1.82) is 0 Å². The van der Waals surface area contributed by atoms with Crippen LogP contribution in [0.5, 0.6) is 17.2 Å². The lowest BCUT2D eigenvalue weighted by atomic mass is 10.1.